The fourth-order valence-electron chi connectivity index (χ4n) is 10.5. The summed E-state index contributed by atoms with van der Waals surface area (Å²) in [5.74, 6) is -0.323. The molecule has 3 fully saturated rings. The Morgan fingerprint density at radius 1 is 0.717 bits per heavy atom. The maximum Gasteiger partial charge on any atom is 0.307 e. The maximum atomic E-state index is 13.3. The number of ether oxygens (including phenoxy) is 4. The van der Waals surface area contributed by atoms with Crippen LogP contribution in [0.4, 0.5) is 0 Å². The van der Waals surface area contributed by atoms with Crippen LogP contribution in [0.15, 0.2) is 0 Å². The highest BCUT2D eigenvalue weighted by molar-refractivity contribution is 5.71. The first kappa shape index (κ1) is 45.2. The highest BCUT2D eigenvalue weighted by Crippen LogP contribution is 2.66. The van der Waals surface area contributed by atoms with Crippen LogP contribution in [-0.2, 0) is 38.1 Å². The van der Waals surface area contributed by atoms with Gasteiger partial charge in [-0.3, -0.25) is 19.2 Å². The zero-order valence-corrected chi connectivity index (χ0v) is 33.9. The van der Waals surface area contributed by atoms with Crippen LogP contribution in [0.5, 0.6) is 0 Å². The molecule has 11 nitrogen and oxygen atoms in total. The summed E-state index contributed by atoms with van der Waals surface area (Å²) in [5, 5.41) is 0. The average Bonchev–Trinajstić information content (AvgIpc) is 3.48. The number of hydrogen-bond acceptors (Lipinski definition) is 11. The van der Waals surface area contributed by atoms with Crippen molar-refractivity contribution in [1.29, 1.82) is 0 Å². The molecule has 6 N–H and O–H groups in total. The molecule has 0 aliphatic heterocycles. The summed E-state index contributed by atoms with van der Waals surface area (Å²) < 4.78 is 24.2. The average molecular weight is 750 g/mol. The highest BCUT2D eigenvalue weighted by Gasteiger charge is 2.64. The summed E-state index contributed by atoms with van der Waals surface area (Å²) in [6.45, 7) is 12.3. The van der Waals surface area contributed by atoms with Gasteiger partial charge in [0.1, 0.15) is 18.3 Å². The van der Waals surface area contributed by atoms with E-state index in [1.54, 1.807) is 0 Å². The van der Waals surface area contributed by atoms with Crippen LogP contribution in [0, 0.1) is 40.4 Å². The van der Waals surface area contributed by atoms with Gasteiger partial charge in [0, 0.05) is 37.4 Å². The molecule has 11 heteroatoms. The Balaban J connectivity index is 1.88. The molecule has 3 aliphatic carbocycles. The number of nitrogens with two attached hydrogens (primary N) is 3. The largest absolute Gasteiger partial charge is 0.466 e. The lowest BCUT2D eigenvalue weighted by Gasteiger charge is -2.59. The summed E-state index contributed by atoms with van der Waals surface area (Å²) >= 11 is 0. The zero-order chi connectivity index (χ0) is 39.0. The van der Waals surface area contributed by atoms with Crippen LogP contribution in [0.1, 0.15) is 157 Å². The quantitative estimate of drug-likeness (QED) is 0.0571. The van der Waals surface area contributed by atoms with Crippen molar-refractivity contribution in [3.63, 3.8) is 0 Å². The minimum atomic E-state index is -0.397. The van der Waals surface area contributed by atoms with E-state index in [2.05, 4.69) is 34.6 Å². The van der Waals surface area contributed by atoms with Gasteiger partial charge >= 0.3 is 23.9 Å². The predicted octanol–water partition coefficient (Wildman–Crippen LogP) is 6.75. The smallest absolute Gasteiger partial charge is 0.307 e. The number of esters is 4. The molecule has 0 bridgehead atoms. The van der Waals surface area contributed by atoms with Gasteiger partial charge in [-0.15, -0.1) is 0 Å². The van der Waals surface area contributed by atoms with Crippen molar-refractivity contribution < 1.29 is 38.1 Å². The normalized spacial score (nSPS) is 30.9. The van der Waals surface area contributed by atoms with Gasteiger partial charge in [0.15, 0.2) is 0 Å². The van der Waals surface area contributed by atoms with Crippen LogP contribution in [0.2, 0.25) is 0 Å². The Morgan fingerprint density at radius 3 is 1.94 bits per heavy atom. The SMILES string of the molecule is CCCCCCCCOC(=O)CC[C@@H](C)[C@H]1CC[C@H]2C([C@@H](CC)OC(=O)CCN)[C@@H]([C@]3(C)CC[C@H](OC(=O)CCN)CC3)C[C@H](OC(=O)CCN)[C@]12C. The molecule has 8 atom stereocenters. The fraction of sp³-hybridized carbons (Fsp3) is 0.905. The Labute approximate surface area is 320 Å². The first-order valence-corrected chi connectivity index (χ1v) is 21.2. The highest BCUT2D eigenvalue weighted by atomic mass is 16.6. The van der Waals surface area contributed by atoms with Gasteiger partial charge < -0.3 is 36.1 Å². The Morgan fingerprint density at radius 2 is 1.32 bits per heavy atom. The van der Waals surface area contributed by atoms with Crippen molar-refractivity contribution >= 4 is 23.9 Å². The van der Waals surface area contributed by atoms with Gasteiger partial charge in [0.25, 0.3) is 0 Å². The van der Waals surface area contributed by atoms with Crippen molar-refractivity contribution in [1.82, 2.24) is 0 Å². The van der Waals surface area contributed by atoms with Gasteiger partial charge in [-0.05, 0) is 93.3 Å². The molecule has 3 aliphatic rings. The van der Waals surface area contributed by atoms with Crippen molar-refractivity contribution in [2.45, 2.75) is 175 Å². The monoisotopic (exact) mass is 750 g/mol. The van der Waals surface area contributed by atoms with Crippen LogP contribution in [-0.4, -0.2) is 68.4 Å². The van der Waals surface area contributed by atoms with Gasteiger partial charge in [-0.1, -0.05) is 66.7 Å². The molecular weight excluding hydrogens is 674 g/mol. The topological polar surface area (TPSA) is 183 Å². The first-order chi connectivity index (χ1) is 25.4. The number of carbonyl (C=O) groups excluding carboxylic acids is 4. The molecule has 3 rings (SSSR count). The number of fused-ring (bicyclic) bond motifs is 1. The summed E-state index contributed by atoms with van der Waals surface area (Å²) in [4.78, 5) is 51.5. The molecule has 1 unspecified atom stereocenters. The van der Waals surface area contributed by atoms with Gasteiger partial charge in [-0.25, -0.2) is 0 Å². The van der Waals surface area contributed by atoms with E-state index >= 15 is 0 Å². The number of rotatable bonds is 23. The van der Waals surface area contributed by atoms with Gasteiger partial charge in [-0.2, -0.15) is 0 Å². The van der Waals surface area contributed by atoms with E-state index in [1.807, 2.05) is 0 Å². The Hall–Kier alpha value is -2.24. The van der Waals surface area contributed by atoms with Gasteiger partial charge in [0.05, 0.1) is 25.9 Å². The fourth-order valence-corrected chi connectivity index (χ4v) is 10.5. The zero-order valence-electron chi connectivity index (χ0n) is 33.9. The van der Waals surface area contributed by atoms with Crippen molar-refractivity contribution in [2.75, 3.05) is 26.2 Å². The Kier molecular flexibility index (Phi) is 19.0. The third-order valence-corrected chi connectivity index (χ3v) is 13.4. The molecule has 306 valence electrons. The third kappa shape index (κ3) is 12.4. The number of unbranched alkanes of at least 4 members (excludes halogenated alkanes) is 5. The summed E-state index contributed by atoms with van der Waals surface area (Å²) in [6, 6.07) is 0. The molecule has 0 amide bonds. The van der Waals surface area contributed by atoms with E-state index in [4.69, 9.17) is 36.1 Å². The maximum absolute atomic E-state index is 13.3. The molecule has 53 heavy (non-hydrogen) atoms. The molecule has 0 aromatic carbocycles. The number of hydrogen-bond donors (Lipinski definition) is 3. The minimum Gasteiger partial charge on any atom is -0.466 e. The summed E-state index contributed by atoms with van der Waals surface area (Å²) in [6.07, 6.45) is 14.0. The van der Waals surface area contributed by atoms with E-state index in [-0.39, 0.29) is 116 Å². The van der Waals surface area contributed by atoms with Crippen molar-refractivity contribution in [2.24, 2.45) is 57.6 Å². The van der Waals surface area contributed by atoms with E-state index < -0.39 is 5.41 Å². The second-order valence-corrected chi connectivity index (χ2v) is 17.0. The van der Waals surface area contributed by atoms with Gasteiger partial charge in [0.2, 0.25) is 0 Å². The molecular formula is C42H75N3O8. The van der Waals surface area contributed by atoms with E-state index in [1.165, 1.54) is 25.7 Å². The number of carbonyl (C=O) groups is 4. The lowest BCUT2D eigenvalue weighted by atomic mass is 9.48. The molecule has 0 heterocycles. The first-order valence-electron chi connectivity index (χ1n) is 21.2. The molecule has 0 radical (unpaired) electrons. The lowest BCUT2D eigenvalue weighted by molar-refractivity contribution is -0.200. The summed E-state index contributed by atoms with van der Waals surface area (Å²) in [5.41, 5.74) is 16.6. The predicted molar refractivity (Wildman–Crippen MR) is 206 cm³/mol. The molecule has 0 spiro atoms. The van der Waals surface area contributed by atoms with Crippen LogP contribution in [0.25, 0.3) is 0 Å². The second kappa shape index (κ2) is 22.3. The van der Waals surface area contributed by atoms with Crippen LogP contribution in [0.3, 0.4) is 0 Å². The molecule has 0 aromatic heterocycles. The summed E-state index contributed by atoms with van der Waals surface area (Å²) in [7, 11) is 0. The van der Waals surface area contributed by atoms with Crippen LogP contribution >= 0.6 is 0 Å². The second-order valence-electron chi connectivity index (χ2n) is 17.0. The van der Waals surface area contributed by atoms with Crippen LogP contribution < -0.4 is 17.2 Å². The molecule has 0 aromatic rings. The van der Waals surface area contributed by atoms with Crippen molar-refractivity contribution in [3.05, 3.63) is 0 Å². The van der Waals surface area contributed by atoms with E-state index in [9.17, 15) is 19.2 Å². The minimum absolute atomic E-state index is 0.0389. The molecule has 3 saturated carbocycles. The van der Waals surface area contributed by atoms with E-state index in [0.717, 1.165) is 51.4 Å². The molecule has 0 saturated heterocycles. The van der Waals surface area contributed by atoms with E-state index in [0.29, 0.717) is 32.3 Å². The Bertz CT molecular complexity index is 1140. The van der Waals surface area contributed by atoms with Crippen molar-refractivity contribution in [3.8, 4) is 0 Å². The standard InChI is InChI=1S/C42H75N3O8/c1-6-8-9-10-11-12-27-50-36(46)16-13-29(3)31-14-15-32-40(34(7-2)52-38(48)20-25-44)33(28-35(42(31,32)5)53-39(49)21-26-45)41(4)22-17-30(18-23-41)51-37(47)19-24-43/h29-35,40H,6-28,43-45H2,1-5H3/t29-,30-,31-,32+,33+,34-,35+,40?,41+,42-/m1/s1. The lowest BCUT2D eigenvalue weighted by Crippen LogP contribution is -2.59. The third-order valence-electron chi connectivity index (χ3n) is 13.4.